The summed E-state index contributed by atoms with van der Waals surface area (Å²) in [6.45, 7) is 0.772. The number of hydrogen-bond donors (Lipinski definition) is 1. The van der Waals surface area contributed by atoms with Gasteiger partial charge >= 0.3 is 0 Å². The molecular formula is C24H22F2N2O2. The third-order valence-corrected chi connectivity index (χ3v) is 6.27. The van der Waals surface area contributed by atoms with Crippen molar-refractivity contribution in [1.82, 2.24) is 4.90 Å². The molecule has 1 amide bonds. The van der Waals surface area contributed by atoms with E-state index in [1.54, 1.807) is 0 Å². The van der Waals surface area contributed by atoms with Crippen molar-refractivity contribution in [3.05, 3.63) is 64.7 Å². The van der Waals surface area contributed by atoms with Crippen LogP contribution in [0.1, 0.15) is 42.5 Å². The Kier molecular flexibility index (Phi) is 4.65. The summed E-state index contributed by atoms with van der Waals surface area (Å²) < 4.78 is 28.2. The molecule has 6 heteroatoms. The summed E-state index contributed by atoms with van der Waals surface area (Å²) in [7, 11) is 0. The Balaban J connectivity index is 1.44. The van der Waals surface area contributed by atoms with Crippen LogP contribution < -0.4 is 0 Å². The average molecular weight is 408 g/mol. The lowest BCUT2D eigenvalue weighted by atomic mass is 9.88. The second-order valence-corrected chi connectivity index (χ2v) is 8.27. The number of hydrogen-bond acceptors (Lipinski definition) is 3. The van der Waals surface area contributed by atoms with Gasteiger partial charge in [-0.25, -0.2) is 8.78 Å². The lowest BCUT2D eigenvalue weighted by molar-refractivity contribution is 0.0642. The van der Waals surface area contributed by atoms with Crippen LogP contribution in [0.3, 0.4) is 0 Å². The van der Waals surface area contributed by atoms with E-state index >= 15 is 0 Å². The molecule has 2 aromatic rings. The van der Waals surface area contributed by atoms with Gasteiger partial charge in [0.1, 0.15) is 17.4 Å². The average Bonchev–Trinajstić information content (AvgIpc) is 3.43. The van der Waals surface area contributed by atoms with Gasteiger partial charge in [0.05, 0.1) is 17.7 Å². The topological polar surface area (TPSA) is 52.9 Å². The fourth-order valence-electron chi connectivity index (χ4n) is 4.59. The van der Waals surface area contributed by atoms with Crippen molar-refractivity contribution in [2.45, 2.75) is 44.2 Å². The molecule has 4 nitrogen and oxygen atoms in total. The minimum absolute atomic E-state index is 0.0800. The largest absolute Gasteiger partial charge is 0.507 e. The minimum Gasteiger partial charge on any atom is -0.507 e. The van der Waals surface area contributed by atoms with E-state index in [-0.39, 0.29) is 40.4 Å². The molecule has 1 fully saturated rings. The number of carbonyl (C=O) groups is 1. The van der Waals surface area contributed by atoms with Crippen LogP contribution in [-0.2, 0) is 0 Å². The number of aromatic hydroxyl groups is 1. The molecule has 0 bridgehead atoms. The maximum absolute atomic E-state index is 14.1. The normalized spacial score (nSPS) is 20.4. The lowest BCUT2D eigenvalue weighted by Crippen LogP contribution is -2.43. The first-order valence-corrected chi connectivity index (χ1v) is 10.3. The molecule has 1 N–H and O–H groups in total. The highest BCUT2D eigenvalue weighted by atomic mass is 19.1. The van der Waals surface area contributed by atoms with Crippen molar-refractivity contribution in [3.8, 4) is 16.9 Å². The van der Waals surface area contributed by atoms with Gasteiger partial charge in [0.15, 0.2) is 0 Å². The molecule has 0 aromatic heterocycles. The van der Waals surface area contributed by atoms with Gasteiger partial charge in [-0.05, 0) is 73.1 Å². The van der Waals surface area contributed by atoms with Crippen molar-refractivity contribution < 1.29 is 18.7 Å². The quantitative estimate of drug-likeness (QED) is 0.784. The van der Waals surface area contributed by atoms with Gasteiger partial charge in [-0.1, -0.05) is 12.1 Å². The molecule has 154 valence electrons. The Morgan fingerprint density at radius 3 is 2.53 bits per heavy atom. The Labute approximate surface area is 173 Å². The number of phenols is 1. The molecule has 3 aliphatic rings. The highest BCUT2D eigenvalue weighted by molar-refractivity contribution is 5.98. The zero-order chi connectivity index (χ0) is 20.8. The molecule has 30 heavy (non-hydrogen) atoms. The second-order valence-electron chi connectivity index (χ2n) is 8.27. The first kappa shape index (κ1) is 19.0. The van der Waals surface area contributed by atoms with Crippen LogP contribution in [0.4, 0.5) is 8.78 Å². The Hall–Kier alpha value is -3.02. The van der Waals surface area contributed by atoms with E-state index in [1.165, 1.54) is 47.5 Å². The summed E-state index contributed by atoms with van der Waals surface area (Å²) >= 11 is 0. The van der Waals surface area contributed by atoms with Crippen molar-refractivity contribution in [1.29, 1.82) is 0 Å². The van der Waals surface area contributed by atoms with Crippen LogP contribution in [0.25, 0.3) is 11.1 Å². The Morgan fingerprint density at radius 1 is 1.07 bits per heavy atom. The molecule has 0 radical (unpaired) electrons. The number of carbonyl (C=O) groups excluding carboxylic acids is 1. The van der Waals surface area contributed by atoms with E-state index < -0.39 is 11.6 Å². The predicted molar refractivity (Wildman–Crippen MR) is 111 cm³/mol. The molecule has 0 spiro atoms. The van der Waals surface area contributed by atoms with E-state index in [1.807, 2.05) is 11.1 Å². The summed E-state index contributed by atoms with van der Waals surface area (Å²) in [6, 6.07) is 8.12. The van der Waals surface area contributed by atoms with Gasteiger partial charge in [-0.2, -0.15) is 0 Å². The molecule has 5 rings (SSSR count). The number of phenolic OH excluding ortho intramolecular Hbond substituents is 1. The minimum atomic E-state index is -0.711. The van der Waals surface area contributed by atoms with Crippen LogP contribution in [0.15, 0.2) is 52.5 Å². The maximum atomic E-state index is 14.1. The number of nitrogens with zero attached hydrogens (tertiary/aromatic N) is 2. The van der Waals surface area contributed by atoms with Crippen molar-refractivity contribution in [2.75, 3.05) is 6.54 Å². The smallest absolute Gasteiger partial charge is 0.258 e. The van der Waals surface area contributed by atoms with Gasteiger partial charge in [-0.3, -0.25) is 9.79 Å². The van der Waals surface area contributed by atoms with E-state index in [0.29, 0.717) is 0 Å². The molecule has 1 atom stereocenters. The van der Waals surface area contributed by atoms with Crippen molar-refractivity contribution >= 4 is 12.1 Å². The van der Waals surface area contributed by atoms with E-state index in [2.05, 4.69) is 4.99 Å². The van der Waals surface area contributed by atoms with E-state index in [4.69, 9.17) is 0 Å². The van der Waals surface area contributed by atoms with Gasteiger partial charge in [0, 0.05) is 18.3 Å². The van der Waals surface area contributed by atoms with Gasteiger partial charge in [0.2, 0.25) is 0 Å². The molecule has 1 saturated carbocycles. The van der Waals surface area contributed by atoms with Crippen LogP contribution >= 0.6 is 0 Å². The zero-order valence-corrected chi connectivity index (χ0v) is 16.4. The maximum Gasteiger partial charge on any atom is 0.258 e. The second kappa shape index (κ2) is 7.35. The molecule has 2 aromatic carbocycles. The first-order chi connectivity index (χ1) is 14.5. The fourth-order valence-corrected chi connectivity index (χ4v) is 4.59. The monoisotopic (exact) mass is 408 g/mol. The lowest BCUT2D eigenvalue weighted by Gasteiger charge is -2.35. The van der Waals surface area contributed by atoms with Gasteiger partial charge < -0.3 is 10.0 Å². The Bertz CT molecular complexity index is 1070. The molecule has 2 aliphatic carbocycles. The van der Waals surface area contributed by atoms with E-state index in [9.17, 15) is 18.7 Å². The SMILES string of the molecule is O=C(c1ccc(-c2c(F)cccc2F)cc1O)N(C1CC1)C1CCC2=C(C=NC2)C1. The van der Waals surface area contributed by atoms with Gasteiger partial charge in [-0.15, -0.1) is 0 Å². The van der Waals surface area contributed by atoms with Crippen molar-refractivity contribution in [3.63, 3.8) is 0 Å². The predicted octanol–water partition coefficient (Wildman–Crippen LogP) is 4.88. The standard InChI is InChI=1S/C24H22F2N2O2/c25-20-2-1-3-21(26)23(20)14-5-9-19(22(29)11-14)24(30)28(17-7-8-17)18-6-4-15-12-27-13-16(15)10-18/h1-3,5,9,11,13,17-18,29H,4,6-8,10,12H2. The third kappa shape index (κ3) is 3.30. The third-order valence-electron chi connectivity index (χ3n) is 6.27. The highest BCUT2D eigenvalue weighted by Crippen LogP contribution is 2.39. The molecule has 1 aliphatic heterocycles. The zero-order valence-electron chi connectivity index (χ0n) is 16.4. The molecule has 0 saturated heterocycles. The fraction of sp³-hybridized carbons (Fsp3) is 0.333. The highest BCUT2D eigenvalue weighted by Gasteiger charge is 2.40. The van der Waals surface area contributed by atoms with Crippen LogP contribution in [-0.4, -0.2) is 40.8 Å². The summed E-state index contributed by atoms with van der Waals surface area (Å²) in [6.07, 6.45) is 6.47. The number of rotatable bonds is 4. The summed E-state index contributed by atoms with van der Waals surface area (Å²) in [4.78, 5) is 19.6. The number of aliphatic imine (C=N–C) groups is 1. The first-order valence-electron chi connectivity index (χ1n) is 10.3. The van der Waals surface area contributed by atoms with E-state index in [0.717, 1.165) is 38.6 Å². The molecular weight excluding hydrogens is 386 g/mol. The van der Waals surface area contributed by atoms with Gasteiger partial charge in [0.25, 0.3) is 5.91 Å². The Morgan fingerprint density at radius 2 is 1.83 bits per heavy atom. The summed E-state index contributed by atoms with van der Waals surface area (Å²) in [5.41, 5.74) is 2.76. The van der Waals surface area contributed by atoms with Crippen molar-refractivity contribution in [2.24, 2.45) is 4.99 Å². The number of amides is 1. The number of benzene rings is 2. The number of halogens is 2. The molecule has 1 heterocycles. The summed E-state index contributed by atoms with van der Waals surface area (Å²) in [5, 5.41) is 10.6. The molecule has 1 unspecified atom stereocenters. The van der Waals surface area contributed by atoms with Crippen LogP contribution in [0.2, 0.25) is 0 Å². The summed E-state index contributed by atoms with van der Waals surface area (Å²) in [5.74, 6) is -1.90. The van der Waals surface area contributed by atoms with Crippen LogP contribution in [0.5, 0.6) is 5.75 Å². The van der Waals surface area contributed by atoms with Crippen LogP contribution in [0, 0.1) is 11.6 Å².